The fourth-order valence-corrected chi connectivity index (χ4v) is 3.96. The van der Waals surface area contributed by atoms with Gasteiger partial charge in [-0.15, -0.1) is 10.2 Å². The molecule has 0 fully saturated rings. The van der Waals surface area contributed by atoms with Crippen LogP contribution < -0.4 is 0 Å². The summed E-state index contributed by atoms with van der Waals surface area (Å²) < 4.78 is 7.65. The van der Waals surface area contributed by atoms with Crippen molar-refractivity contribution in [2.24, 2.45) is 0 Å². The Morgan fingerprint density at radius 2 is 2.04 bits per heavy atom. The maximum absolute atomic E-state index is 12.7. The predicted octanol–water partition coefficient (Wildman–Crippen LogP) is 3.92. The van der Waals surface area contributed by atoms with Gasteiger partial charge in [0.2, 0.25) is 5.91 Å². The Hall–Kier alpha value is -2.80. The highest BCUT2D eigenvalue weighted by atomic mass is 32.2. The van der Waals surface area contributed by atoms with E-state index in [1.807, 2.05) is 65.6 Å². The van der Waals surface area contributed by atoms with Gasteiger partial charge in [-0.05, 0) is 19.4 Å². The van der Waals surface area contributed by atoms with E-state index >= 15 is 0 Å². The number of nitrogens with zero attached hydrogens (tertiary/aromatic N) is 4. The Morgan fingerprint density at radius 3 is 2.81 bits per heavy atom. The van der Waals surface area contributed by atoms with Crippen molar-refractivity contribution in [3.63, 3.8) is 0 Å². The highest BCUT2D eigenvalue weighted by molar-refractivity contribution is 8.00. The lowest BCUT2D eigenvalue weighted by molar-refractivity contribution is -0.128. The van der Waals surface area contributed by atoms with Crippen LogP contribution in [-0.4, -0.2) is 37.7 Å². The van der Waals surface area contributed by atoms with Crippen LogP contribution in [0.4, 0.5) is 0 Å². The zero-order valence-electron chi connectivity index (χ0n) is 15.3. The molecule has 3 heterocycles. The van der Waals surface area contributed by atoms with Crippen LogP contribution >= 0.6 is 11.8 Å². The third kappa shape index (κ3) is 3.55. The maximum atomic E-state index is 12.7. The summed E-state index contributed by atoms with van der Waals surface area (Å²) in [5.74, 6) is 1.26. The fourth-order valence-electron chi connectivity index (χ4n) is 3.11. The van der Waals surface area contributed by atoms with Crippen molar-refractivity contribution < 1.29 is 9.21 Å². The fraction of sp³-hybridized carbons (Fsp3) is 0.250. The van der Waals surface area contributed by atoms with E-state index in [1.54, 1.807) is 6.33 Å². The van der Waals surface area contributed by atoms with E-state index in [1.165, 1.54) is 11.8 Å². The number of amides is 1. The second kappa shape index (κ2) is 7.44. The Balaban J connectivity index is 1.50. The lowest BCUT2D eigenvalue weighted by Crippen LogP contribution is -2.31. The Labute approximate surface area is 161 Å². The summed E-state index contributed by atoms with van der Waals surface area (Å²) in [5, 5.41) is 9.03. The minimum atomic E-state index is 0.0845. The van der Waals surface area contributed by atoms with E-state index in [4.69, 9.17) is 4.42 Å². The molecule has 27 heavy (non-hydrogen) atoms. The molecule has 4 rings (SSSR count). The van der Waals surface area contributed by atoms with Crippen LogP contribution in [0, 0.1) is 6.92 Å². The largest absolute Gasteiger partial charge is 0.460 e. The van der Waals surface area contributed by atoms with Crippen LogP contribution in [0.25, 0.3) is 16.6 Å². The number of carbonyl (C=O) groups excluding carboxylic acids is 1. The van der Waals surface area contributed by atoms with Crippen molar-refractivity contribution in [1.82, 2.24) is 19.5 Å². The first-order valence-corrected chi connectivity index (χ1v) is 9.81. The smallest absolute Gasteiger partial charge is 0.233 e. The van der Waals surface area contributed by atoms with Gasteiger partial charge >= 0.3 is 0 Å². The van der Waals surface area contributed by atoms with Crippen molar-refractivity contribution in [1.29, 1.82) is 0 Å². The van der Waals surface area contributed by atoms with Crippen LogP contribution in [-0.2, 0) is 11.3 Å². The standard InChI is InChI=1S/C20H20N4O2S/c1-3-23(11-15-7-5-4-6-8-15)19(25)12-27-20-17-10-18-16(9-14(2)26-18)24(17)13-21-22-20/h4-10,13H,3,11-12H2,1-2H3. The second-order valence-electron chi connectivity index (χ2n) is 6.32. The third-order valence-corrected chi connectivity index (χ3v) is 5.42. The molecule has 1 amide bonds. The summed E-state index contributed by atoms with van der Waals surface area (Å²) in [7, 11) is 0. The molecule has 0 aliphatic heterocycles. The van der Waals surface area contributed by atoms with E-state index in [-0.39, 0.29) is 5.91 Å². The van der Waals surface area contributed by atoms with Crippen molar-refractivity contribution in [2.75, 3.05) is 12.3 Å². The predicted molar refractivity (Wildman–Crippen MR) is 106 cm³/mol. The van der Waals surface area contributed by atoms with Gasteiger partial charge in [-0.25, -0.2) is 0 Å². The molecule has 6 nitrogen and oxygen atoms in total. The monoisotopic (exact) mass is 380 g/mol. The summed E-state index contributed by atoms with van der Waals surface area (Å²) in [6.07, 6.45) is 1.67. The zero-order chi connectivity index (χ0) is 18.8. The minimum Gasteiger partial charge on any atom is -0.460 e. The number of rotatable bonds is 6. The lowest BCUT2D eigenvalue weighted by Gasteiger charge is -2.20. The highest BCUT2D eigenvalue weighted by Crippen LogP contribution is 2.28. The number of hydrogen-bond acceptors (Lipinski definition) is 5. The Kier molecular flexibility index (Phi) is 4.85. The van der Waals surface area contributed by atoms with Gasteiger partial charge in [0.25, 0.3) is 0 Å². The summed E-state index contributed by atoms with van der Waals surface area (Å²) in [6.45, 7) is 5.20. The first-order valence-electron chi connectivity index (χ1n) is 8.83. The van der Waals surface area contributed by atoms with E-state index in [0.717, 1.165) is 33.0 Å². The van der Waals surface area contributed by atoms with Crippen LogP contribution in [0.3, 0.4) is 0 Å². The third-order valence-electron chi connectivity index (χ3n) is 4.47. The SMILES string of the molecule is CCN(Cc1ccccc1)C(=O)CSc1nncn2c1cc1oc(C)cc12. The molecule has 0 saturated heterocycles. The van der Waals surface area contributed by atoms with Gasteiger partial charge in [0.15, 0.2) is 5.58 Å². The maximum Gasteiger partial charge on any atom is 0.233 e. The zero-order valence-corrected chi connectivity index (χ0v) is 16.1. The molecule has 1 aromatic carbocycles. The Bertz CT molecular complexity index is 1090. The molecule has 0 spiro atoms. The van der Waals surface area contributed by atoms with Crippen molar-refractivity contribution in [3.05, 3.63) is 60.1 Å². The van der Waals surface area contributed by atoms with Gasteiger partial charge in [0.1, 0.15) is 17.1 Å². The Morgan fingerprint density at radius 1 is 1.22 bits per heavy atom. The normalized spacial score (nSPS) is 11.3. The van der Waals surface area contributed by atoms with E-state index in [0.29, 0.717) is 18.8 Å². The summed E-state index contributed by atoms with van der Waals surface area (Å²) in [6, 6.07) is 13.9. The van der Waals surface area contributed by atoms with Gasteiger partial charge in [-0.3, -0.25) is 9.20 Å². The topological polar surface area (TPSA) is 63.6 Å². The second-order valence-corrected chi connectivity index (χ2v) is 7.29. The number of aromatic nitrogens is 3. The molecule has 0 aliphatic carbocycles. The number of thioether (sulfide) groups is 1. The van der Waals surface area contributed by atoms with Crippen molar-refractivity contribution >= 4 is 34.3 Å². The van der Waals surface area contributed by atoms with Gasteiger partial charge in [0.05, 0.1) is 16.8 Å². The van der Waals surface area contributed by atoms with Crippen LogP contribution in [0.2, 0.25) is 0 Å². The number of carbonyl (C=O) groups is 1. The van der Waals surface area contributed by atoms with Gasteiger partial charge in [-0.2, -0.15) is 0 Å². The van der Waals surface area contributed by atoms with Gasteiger partial charge < -0.3 is 9.32 Å². The molecule has 0 N–H and O–H groups in total. The van der Waals surface area contributed by atoms with Crippen LogP contribution in [0.15, 0.2) is 58.2 Å². The summed E-state index contributed by atoms with van der Waals surface area (Å²) in [5.41, 5.74) is 3.80. The molecule has 3 aromatic heterocycles. The molecule has 0 unspecified atom stereocenters. The first kappa shape index (κ1) is 17.6. The summed E-state index contributed by atoms with van der Waals surface area (Å²) >= 11 is 1.41. The lowest BCUT2D eigenvalue weighted by atomic mass is 10.2. The number of furan rings is 1. The average molecular weight is 380 g/mol. The van der Waals surface area contributed by atoms with Gasteiger partial charge in [-0.1, -0.05) is 42.1 Å². The number of fused-ring (bicyclic) bond motifs is 3. The molecule has 4 aromatic rings. The van der Waals surface area contributed by atoms with E-state index in [2.05, 4.69) is 10.2 Å². The average Bonchev–Trinajstić information content (AvgIpc) is 3.21. The summed E-state index contributed by atoms with van der Waals surface area (Å²) in [4.78, 5) is 14.5. The molecule has 0 atom stereocenters. The molecule has 0 bridgehead atoms. The molecule has 7 heteroatoms. The van der Waals surface area contributed by atoms with Gasteiger partial charge in [0, 0.05) is 25.2 Å². The number of hydrogen-bond donors (Lipinski definition) is 0. The number of benzene rings is 1. The molecule has 138 valence electrons. The minimum absolute atomic E-state index is 0.0845. The van der Waals surface area contributed by atoms with Crippen LogP contribution in [0.5, 0.6) is 0 Å². The molecule has 0 saturated carbocycles. The molecule has 0 aliphatic rings. The molecular weight excluding hydrogens is 360 g/mol. The van der Waals surface area contributed by atoms with Crippen LogP contribution in [0.1, 0.15) is 18.2 Å². The van der Waals surface area contributed by atoms with E-state index < -0.39 is 0 Å². The molecular formula is C20H20N4O2S. The first-order chi connectivity index (χ1) is 13.2. The van der Waals surface area contributed by atoms with Crippen molar-refractivity contribution in [2.45, 2.75) is 25.4 Å². The highest BCUT2D eigenvalue weighted by Gasteiger charge is 2.16. The quantitative estimate of drug-likeness (QED) is 0.474. The molecule has 0 radical (unpaired) electrons. The van der Waals surface area contributed by atoms with E-state index in [9.17, 15) is 4.79 Å². The number of aryl methyl sites for hydroxylation is 1. The van der Waals surface area contributed by atoms with Crippen molar-refractivity contribution in [3.8, 4) is 0 Å².